The van der Waals surface area contributed by atoms with Crippen LogP contribution in [-0.2, 0) is 0 Å². The topological polar surface area (TPSA) is 67.2 Å². The Bertz CT molecular complexity index is 626. The van der Waals surface area contributed by atoms with Crippen LogP contribution < -0.4 is 16.4 Å². The predicted molar refractivity (Wildman–Crippen MR) is 89.2 cm³/mol. The molecule has 0 aliphatic carbocycles. The van der Waals surface area contributed by atoms with E-state index in [1.165, 1.54) is 0 Å². The summed E-state index contributed by atoms with van der Waals surface area (Å²) in [6.45, 7) is 2.04. The molecule has 0 aliphatic heterocycles. The lowest BCUT2D eigenvalue weighted by molar-refractivity contribution is 0.100. The van der Waals surface area contributed by atoms with E-state index in [1.807, 2.05) is 37.3 Å². The van der Waals surface area contributed by atoms with E-state index in [1.54, 1.807) is 24.3 Å². The average Bonchev–Trinajstić information content (AvgIpc) is 2.48. The van der Waals surface area contributed by atoms with Crippen molar-refractivity contribution in [1.29, 1.82) is 0 Å². The molecule has 2 aromatic carbocycles. The molecule has 0 radical (unpaired) electrons. The Balaban J connectivity index is 1.94. The van der Waals surface area contributed by atoms with E-state index in [2.05, 4.69) is 10.6 Å². The van der Waals surface area contributed by atoms with Crippen LogP contribution in [0.1, 0.15) is 28.9 Å². The van der Waals surface area contributed by atoms with Gasteiger partial charge >= 0.3 is 0 Å². The van der Waals surface area contributed by atoms with Crippen LogP contribution in [0.4, 0.5) is 5.69 Å². The first-order valence-electron chi connectivity index (χ1n) is 6.58. The van der Waals surface area contributed by atoms with Gasteiger partial charge in [-0.1, -0.05) is 30.3 Å². The van der Waals surface area contributed by atoms with Crippen molar-refractivity contribution in [2.75, 3.05) is 5.32 Å². The highest BCUT2D eigenvalue weighted by Crippen LogP contribution is 2.13. The highest BCUT2D eigenvalue weighted by molar-refractivity contribution is 7.80. The average molecular weight is 299 g/mol. The van der Waals surface area contributed by atoms with Crippen molar-refractivity contribution >= 4 is 28.9 Å². The Kier molecular flexibility index (Phi) is 4.90. The number of nitrogens with one attached hydrogen (secondary N) is 2. The Morgan fingerprint density at radius 1 is 1.10 bits per heavy atom. The Morgan fingerprint density at radius 3 is 2.29 bits per heavy atom. The van der Waals surface area contributed by atoms with E-state index in [4.69, 9.17) is 18.0 Å². The first-order valence-corrected chi connectivity index (χ1v) is 6.99. The minimum Gasteiger partial charge on any atom is -0.366 e. The summed E-state index contributed by atoms with van der Waals surface area (Å²) in [5, 5.41) is 6.81. The molecule has 2 rings (SSSR count). The van der Waals surface area contributed by atoms with Gasteiger partial charge in [0.05, 0.1) is 6.04 Å². The molecule has 108 valence electrons. The smallest absolute Gasteiger partial charge is 0.248 e. The van der Waals surface area contributed by atoms with Gasteiger partial charge in [0.25, 0.3) is 0 Å². The van der Waals surface area contributed by atoms with Crippen molar-refractivity contribution in [2.24, 2.45) is 5.73 Å². The fourth-order valence-corrected chi connectivity index (χ4v) is 2.20. The summed E-state index contributed by atoms with van der Waals surface area (Å²) in [6, 6.07) is 17.0. The maximum atomic E-state index is 11.0. The lowest BCUT2D eigenvalue weighted by atomic mass is 10.1. The molecule has 4 nitrogen and oxygen atoms in total. The number of nitrogens with two attached hydrogens (primary N) is 1. The molecule has 1 atom stereocenters. The maximum Gasteiger partial charge on any atom is 0.248 e. The lowest BCUT2D eigenvalue weighted by Gasteiger charge is -2.17. The third-order valence-corrected chi connectivity index (χ3v) is 3.29. The number of rotatable bonds is 4. The number of hydrogen-bond acceptors (Lipinski definition) is 2. The Labute approximate surface area is 129 Å². The minimum absolute atomic E-state index is 0.107. The van der Waals surface area contributed by atoms with Crippen LogP contribution in [0.25, 0.3) is 0 Å². The fraction of sp³-hybridized carbons (Fsp3) is 0.125. The SMILES string of the molecule is CC(NC(=S)Nc1ccc(C(N)=O)cc1)c1ccccc1. The monoisotopic (exact) mass is 299 g/mol. The van der Waals surface area contributed by atoms with Crippen LogP contribution in [0.15, 0.2) is 54.6 Å². The number of benzene rings is 2. The van der Waals surface area contributed by atoms with Gasteiger partial charge in [0, 0.05) is 11.3 Å². The van der Waals surface area contributed by atoms with Gasteiger partial charge in [-0.3, -0.25) is 4.79 Å². The van der Waals surface area contributed by atoms with Crippen molar-refractivity contribution in [3.8, 4) is 0 Å². The van der Waals surface area contributed by atoms with Crippen LogP contribution in [0.3, 0.4) is 0 Å². The normalized spacial score (nSPS) is 11.5. The molecule has 5 heteroatoms. The molecule has 2 aromatic rings. The lowest BCUT2D eigenvalue weighted by Crippen LogP contribution is -2.30. The van der Waals surface area contributed by atoms with Crippen LogP contribution in [-0.4, -0.2) is 11.0 Å². The number of amides is 1. The molecule has 0 bridgehead atoms. The summed E-state index contributed by atoms with van der Waals surface area (Å²) < 4.78 is 0. The van der Waals surface area contributed by atoms with Gasteiger partial charge in [-0.25, -0.2) is 0 Å². The van der Waals surface area contributed by atoms with Crippen molar-refractivity contribution in [3.63, 3.8) is 0 Å². The number of carbonyl (C=O) groups is 1. The Morgan fingerprint density at radius 2 is 1.71 bits per heavy atom. The van der Waals surface area contributed by atoms with Crippen molar-refractivity contribution in [2.45, 2.75) is 13.0 Å². The zero-order chi connectivity index (χ0) is 15.2. The number of carbonyl (C=O) groups excluding carboxylic acids is 1. The van der Waals surface area contributed by atoms with Crippen LogP contribution in [0.2, 0.25) is 0 Å². The molecule has 21 heavy (non-hydrogen) atoms. The van der Waals surface area contributed by atoms with Gasteiger partial charge in [-0.15, -0.1) is 0 Å². The van der Waals surface area contributed by atoms with Gasteiger partial charge in [0.2, 0.25) is 5.91 Å². The predicted octanol–water partition coefficient (Wildman–Crippen LogP) is 2.83. The van der Waals surface area contributed by atoms with E-state index in [-0.39, 0.29) is 6.04 Å². The molecule has 0 heterocycles. The van der Waals surface area contributed by atoms with Crippen LogP contribution in [0.5, 0.6) is 0 Å². The third-order valence-electron chi connectivity index (χ3n) is 3.07. The van der Waals surface area contributed by atoms with Crippen LogP contribution >= 0.6 is 12.2 Å². The number of thiocarbonyl (C=S) groups is 1. The summed E-state index contributed by atoms with van der Waals surface area (Å²) >= 11 is 5.28. The zero-order valence-corrected chi connectivity index (χ0v) is 12.5. The van der Waals surface area contributed by atoms with Crippen molar-refractivity contribution in [1.82, 2.24) is 5.32 Å². The highest BCUT2D eigenvalue weighted by Gasteiger charge is 2.07. The molecule has 0 aliphatic rings. The van der Waals surface area contributed by atoms with Gasteiger partial charge in [-0.2, -0.15) is 0 Å². The quantitative estimate of drug-likeness (QED) is 0.760. The fourth-order valence-electron chi connectivity index (χ4n) is 1.91. The minimum atomic E-state index is -0.444. The summed E-state index contributed by atoms with van der Waals surface area (Å²) in [4.78, 5) is 11.0. The molecule has 0 saturated carbocycles. The number of anilines is 1. The highest BCUT2D eigenvalue weighted by atomic mass is 32.1. The first-order chi connectivity index (χ1) is 10.1. The van der Waals surface area contributed by atoms with E-state index in [0.29, 0.717) is 10.7 Å². The summed E-state index contributed by atoms with van der Waals surface area (Å²) in [7, 11) is 0. The molecule has 4 N–H and O–H groups in total. The van der Waals surface area contributed by atoms with Gasteiger partial charge in [0.15, 0.2) is 5.11 Å². The molecular weight excluding hydrogens is 282 g/mol. The standard InChI is InChI=1S/C16H17N3OS/c1-11(12-5-3-2-4-6-12)18-16(21)19-14-9-7-13(8-10-14)15(17)20/h2-11H,1H3,(H2,17,20)(H2,18,19,21). The zero-order valence-electron chi connectivity index (χ0n) is 11.7. The summed E-state index contributed by atoms with van der Waals surface area (Å²) in [5.41, 5.74) is 7.63. The van der Waals surface area contributed by atoms with E-state index < -0.39 is 5.91 Å². The van der Waals surface area contributed by atoms with E-state index in [9.17, 15) is 4.79 Å². The molecule has 0 saturated heterocycles. The first kappa shape index (κ1) is 15.0. The van der Waals surface area contributed by atoms with E-state index in [0.717, 1.165) is 11.3 Å². The summed E-state index contributed by atoms with van der Waals surface area (Å²) in [5.74, 6) is -0.444. The summed E-state index contributed by atoms with van der Waals surface area (Å²) in [6.07, 6.45) is 0. The Hall–Kier alpha value is -2.40. The second-order valence-corrected chi connectivity index (χ2v) is 5.08. The molecular formula is C16H17N3OS. The van der Waals surface area contributed by atoms with Crippen LogP contribution in [0, 0.1) is 0 Å². The van der Waals surface area contributed by atoms with Crippen molar-refractivity contribution < 1.29 is 4.79 Å². The molecule has 1 amide bonds. The maximum absolute atomic E-state index is 11.0. The van der Waals surface area contributed by atoms with Crippen molar-refractivity contribution in [3.05, 3.63) is 65.7 Å². The number of primary amides is 1. The largest absolute Gasteiger partial charge is 0.366 e. The molecule has 0 spiro atoms. The van der Waals surface area contributed by atoms with Gasteiger partial charge in [0.1, 0.15) is 0 Å². The molecule has 0 aromatic heterocycles. The molecule has 1 unspecified atom stereocenters. The van der Waals surface area contributed by atoms with E-state index >= 15 is 0 Å². The molecule has 0 fully saturated rings. The van der Waals surface area contributed by atoms with Gasteiger partial charge in [-0.05, 0) is 49.0 Å². The third kappa shape index (κ3) is 4.29. The second kappa shape index (κ2) is 6.85. The number of hydrogen-bond donors (Lipinski definition) is 3. The second-order valence-electron chi connectivity index (χ2n) is 4.67. The van der Waals surface area contributed by atoms with Gasteiger partial charge < -0.3 is 16.4 Å².